The van der Waals surface area contributed by atoms with Crippen molar-refractivity contribution in [2.24, 2.45) is 7.05 Å². The van der Waals surface area contributed by atoms with Crippen LogP contribution in [0.5, 0.6) is 5.75 Å². The van der Waals surface area contributed by atoms with Crippen LogP contribution in [0, 0.1) is 6.92 Å². The summed E-state index contributed by atoms with van der Waals surface area (Å²) >= 11 is 3.51. The van der Waals surface area contributed by atoms with Crippen molar-refractivity contribution in [3.63, 3.8) is 0 Å². The molecular formula is C20H21BrN2O3. The summed E-state index contributed by atoms with van der Waals surface area (Å²) in [6.45, 7) is 4.53. The fraction of sp³-hybridized carbons (Fsp3) is 0.300. The third-order valence-electron chi connectivity index (χ3n) is 4.15. The maximum Gasteiger partial charge on any atom is 0.310 e. The van der Waals surface area contributed by atoms with Crippen LogP contribution < -0.4 is 4.74 Å². The van der Waals surface area contributed by atoms with Crippen molar-refractivity contribution in [2.45, 2.75) is 26.9 Å². The highest BCUT2D eigenvalue weighted by atomic mass is 79.9. The van der Waals surface area contributed by atoms with Gasteiger partial charge < -0.3 is 9.47 Å². The highest BCUT2D eigenvalue weighted by molar-refractivity contribution is 9.10. The van der Waals surface area contributed by atoms with E-state index in [0.717, 1.165) is 32.2 Å². The number of fused-ring (bicyclic) bond motifs is 1. The molecule has 0 unspecified atom stereocenters. The maximum absolute atomic E-state index is 11.9. The highest BCUT2D eigenvalue weighted by Crippen LogP contribution is 2.26. The number of benzene rings is 2. The number of esters is 1. The van der Waals surface area contributed by atoms with Crippen molar-refractivity contribution in [1.82, 2.24) is 9.78 Å². The van der Waals surface area contributed by atoms with Gasteiger partial charge in [-0.3, -0.25) is 9.48 Å². The zero-order chi connectivity index (χ0) is 18.7. The molecule has 3 aromatic rings. The lowest BCUT2D eigenvalue weighted by Gasteiger charge is -2.13. The van der Waals surface area contributed by atoms with Crippen LogP contribution in [0.2, 0.25) is 0 Å². The number of aryl methyl sites for hydroxylation is 2. The first kappa shape index (κ1) is 18.5. The molecule has 5 nitrogen and oxygen atoms in total. The normalized spacial score (nSPS) is 10.9. The average molecular weight is 417 g/mol. The second-order valence-corrected chi connectivity index (χ2v) is 7.03. The summed E-state index contributed by atoms with van der Waals surface area (Å²) in [5.41, 5.74) is 3.79. The zero-order valence-electron chi connectivity index (χ0n) is 15.1. The minimum Gasteiger partial charge on any atom is -0.487 e. The van der Waals surface area contributed by atoms with E-state index in [2.05, 4.69) is 21.0 Å². The summed E-state index contributed by atoms with van der Waals surface area (Å²) in [7, 11) is 1.91. The molecule has 0 aliphatic rings. The molecule has 26 heavy (non-hydrogen) atoms. The minimum atomic E-state index is -0.254. The Morgan fingerprint density at radius 3 is 2.81 bits per heavy atom. The molecule has 3 rings (SSSR count). The lowest BCUT2D eigenvalue weighted by molar-refractivity contribution is -0.142. The number of carbonyl (C=O) groups is 1. The molecule has 0 radical (unpaired) electrons. The number of rotatable bonds is 6. The summed E-state index contributed by atoms with van der Waals surface area (Å²) in [6.07, 6.45) is 0.196. The third-order valence-corrected chi connectivity index (χ3v) is 4.64. The van der Waals surface area contributed by atoms with E-state index >= 15 is 0 Å². The highest BCUT2D eigenvalue weighted by Gasteiger charge is 2.14. The maximum atomic E-state index is 11.9. The second-order valence-electron chi connectivity index (χ2n) is 6.11. The van der Waals surface area contributed by atoms with Crippen molar-refractivity contribution in [1.29, 1.82) is 0 Å². The summed E-state index contributed by atoms with van der Waals surface area (Å²) in [4.78, 5) is 11.9. The van der Waals surface area contributed by atoms with Crippen LogP contribution in [0.3, 0.4) is 0 Å². The third kappa shape index (κ3) is 4.07. The first-order valence-corrected chi connectivity index (χ1v) is 9.26. The molecule has 0 saturated carbocycles. The van der Waals surface area contributed by atoms with E-state index in [9.17, 15) is 4.79 Å². The van der Waals surface area contributed by atoms with Crippen molar-refractivity contribution >= 4 is 32.8 Å². The van der Waals surface area contributed by atoms with Gasteiger partial charge in [0.2, 0.25) is 0 Å². The molecule has 0 aliphatic carbocycles. The van der Waals surface area contributed by atoms with E-state index in [-0.39, 0.29) is 12.4 Å². The quantitative estimate of drug-likeness (QED) is 0.561. The Morgan fingerprint density at radius 2 is 2.04 bits per heavy atom. The van der Waals surface area contributed by atoms with Gasteiger partial charge >= 0.3 is 5.97 Å². The van der Waals surface area contributed by atoms with E-state index < -0.39 is 0 Å². The van der Waals surface area contributed by atoms with Crippen molar-refractivity contribution in [3.8, 4) is 5.75 Å². The van der Waals surface area contributed by atoms with Gasteiger partial charge in [-0.2, -0.15) is 5.10 Å². The van der Waals surface area contributed by atoms with Gasteiger partial charge in [0.1, 0.15) is 12.4 Å². The summed E-state index contributed by atoms with van der Waals surface area (Å²) in [5, 5.41) is 5.56. The summed E-state index contributed by atoms with van der Waals surface area (Å²) < 4.78 is 14.0. The van der Waals surface area contributed by atoms with Crippen LogP contribution in [0.4, 0.5) is 0 Å². The Bertz CT molecular complexity index is 950. The molecule has 136 valence electrons. The predicted octanol–water partition coefficient (Wildman–Crippen LogP) is 4.33. The van der Waals surface area contributed by atoms with Gasteiger partial charge in [-0.1, -0.05) is 28.1 Å². The van der Waals surface area contributed by atoms with Gasteiger partial charge in [-0.15, -0.1) is 0 Å². The Morgan fingerprint density at radius 1 is 1.23 bits per heavy atom. The van der Waals surface area contributed by atoms with E-state index in [4.69, 9.17) is 9.47 Å². The molecule has 0 bridgehead atoms. The van der Waals surface area contributed by atoms with E-state index in [1.807, 2.05) is 55.1 Å². The van der Waals surface area contributed by atoms with Crippen LogP contribution in [0.1, 0.15) is 23.7 Å². The van der Waals surface area contributed by atoms with Crippen LogP contribution >= 0.6 is 15.9 Å². The van der Waals surface area contributed by atoms with Gasteiger partial charge in [0, 0.05) is 22.5 Å². The first-order valence-electron chi connectivity index (χ1n) is 8.47. The molecule has 0 aliphatic heterocycles. The molecule has 0 N–H and O–H groups in total. The van der Waals surface area contributed by atoms with Gasteiger partial charge in [-0.25, -0.2) is 0 Å². The van der Waals surface area contributed by atoms with Crippen LogP contribution in [-0.2, 0) is 29.6 Å². The Kier molecular flexibility index (Phi) is 5.61. The lowest BCUT2D eigenvalue weighted by Crippen LogP contribution is -2.10. The molecule has 0 fully saturated rings. The SMILES string of the molecule is CCOC(=O)Cc1ccc(C)cc1OCc1c2cc(Br)ccc2nn1C. The minimum absolute atomic E-state index is 0.196. The van der Waals surface area contributed by atoms with Gasteiger partial charge in [0.15, 0.2) is 0 Å². The molecule has 6 heteroatoms. The average Bonchev–Trinajstić information content (AvgIpc) is 2.90. The van der Waals surface area contributed by atoms with Gasteiger partial charge in [0.25, 0.3) is 0 Å². The number of hydrogen-bond acceptors (Lipinski definition) is 4. The number of ether oxygens (including phenoxy) is 2. The largest absolute Gasteiger partial charge is 0.487 e. The van der Waals surface area contributed by atoms with E-state index in [0.29, 0.717) is 19.0 Å². The Hall–Kier alpha value is -2.34. The Labute approximate surface area is 161 Å². The topological polar surface area (TPSA) is 53.4 Å². The lowest BCUT2D eigenvalue weighted by atomic mass is 10.1. The summed E-state index contributed by atoms with van der Waals surface area (Å²) in [5.74, 6) is 0.443. The summed E-state index contributed by atoms with van der Waals surface area (Å²) in [6, 6.07) is 11.8. The van der Waals surface area contributed by atoms with Gasteiger partial charge in [-0.05, 0) is 43.7 Å². The molecular weight excluding hydrogens is 396 g/mol. The predicted molar refractivity (Wildman–Crippen MR) is 104 cm³/mol. The Balaban J connectivity index is 1.86. The van der Waals surface area contributed by atoms with E-state index in [1.54, 1.807) is 6.92 Å². The van der Waals surface area contributed by atoms with Gasteiger partial charge in [0.05, 0.1) is 24.2 Å². The molecule has 1 aromatic heterocycles. The number of carbonyl (C=O) groups excluding carboxylic acids is 1. The molecule has 1 heterocycles. The zero-order valence-corrected chi connectivity index (χ0v) is 16.7. The van der Waals surface area contributed by atoms with Crippen molar-refractivity contribution in [2.75, 3.05) is 6.61 Å². The number of hydrogen-bond donors (Lipinski definition) is 0. The molecule has 2 aromatic carbocycles. The second kappa shape index (κ2) is 7.91. The fourth-order valence-corrected chi connectivity index (χ4v) is 3.21. The van der Waals surface area contributed by atoms with Crippen molar-refractivity contribution < 1.29 is 14.3 Å². The molecule has 0 spiro atoms. The van der Waals surface area contributed by atoms with Crippen molar-refractivity contribution in [3.05, 3.63) is 57.7 Å². The molecule has 0 atom stereocenters. The number of nitrogens with zero attached hydrogens (tertiary/aromatic N) is 2. The standard InChI is InChI=1S/C20H21BrN2O3/c1-4-25-20(24)10-14-6-5-13(2)9-19(14)26-12-18-16-11-15(21)7-8-17(16)22-23(18)3/h5-9,11H,4,10,12H2,1-3H3. The van der Waals surface area contributed by atoms with E-state index in [1.165, 1.54) is 0 Å². The van der Waals surface area contributed by atoms with Crippen LogP contribution in [0.25, 0.3) is 10.9 Å². The van der Waals surface area contributed by atoms with Crippen LogP contribution in [-0.4, -0.2) is 22.4 Å². The first-order chi connectivity index (χ1) is 12.5. The molecule has 0 amide bonds. The smallest absolute Gasteiger partial charge is 0.310 e. The number of halogens is 1. The fourth-order valence-electron chi connectivity index (χ4n) is 2.85. The monoisotopic (exact) mass is 416 g/mol. The number of aromatic nitrogens is 2. The molecule has 0 saturated heterocycles. The van der Waals surface area contributed by atoms with Crippen LogP contribution in [0.15, 0.2) is 40.9 Å².